The zero-order chi connectivity index (χ0) is 15.2. The van der Waals surface area contributed by atoms with Crippen LogP contribution in [0.5, 0.6) is 0 Å². The fourth-order valence-electron chi connectivity index (χ4n) is 2.02. The molecule has 1 heterocycles. The van der Waals surface area contributed by atoms with E-state index >= 15 is 0 Å². The Kier molecular flexibility index (Phi) is 5.47. The first-order valence-corrected chi connectivity index (χ1v) is 7.54. The topological polar surface area (TPSA) is 38.3 Å². The lowest BCUT2D eigenvalue weighted by Gasteiger charge is -2.14. The van der Waals surface area contributed by atoms with Gasteiger partial charge in [-0.1, -0.05) is 18.2 Å². The number of methoxy groups -OCH3 is 1. The van der Waals surface area contributed by atoms with Crippen molar-refractivity contribution in [3.63, 3.8) is 0 Å². The highest BCUT2D eigenvalue weighted by molar-refractivity contribution is 7.12. The summed E-state index contributed by atoms with van der Waals surface area (Å²) in [5.74, 6) is -0.439. The number of esters is 1. The molecular weight excluding hydrogens is 289 g/mol. The molecule has 0 spiro atoms. The molecule has 2 rings (SSSR count). The van der Waals surface area contributed by atoms with E-state index < -0.39 is 0 Å². The highest BCUT2D eigenvalue weighted by Gasteiger charge is 2.11. The van der Waals surface area contributed by atoms with Crippen LogP contribution in [0.4, 0.5) is 4.39 Å². The van der Waals surface area contributed by atoms with Crippen LogP contribution < -0.4 is 5.32 Å². The van der Waals surface area contributed by atoms with Gasteiger partial charge in [0.05, 0.1) is 13.5 Å². The van der Waals surface area contributed by atoms with Gasteiger partial charge in [0, 0.05) is 27.9 Å². The first-order chi connectivity index (χ1) is 10.1. The first-order valence-electron chi connectivity index (χ1n) is 6.72. The smallest absolute Gasteiger partial charge is 0.310 e. The van der Waals surface area contributed by atoms with Crippen molar-refractivity contribution in [3.8, 4) is 0 Å². The van der Waals surface area contributed by atoms with Crippen molar-refractivity contribution in [2.75, 3.05) is 7.11 Å². The standard InChI is InChI=1S/C16H18FNO2S/c1-11(14-5-3-4-6-15(14)17)18-10-13-8-7-12(21-13)9-16(19)20-2/h3-8,11,18H,9-10H2,1-2H3/t11-/m1/s1. The predicted molar refractivity (Wildman–Crippen MR) is 81.7 cm³/mol. The molecule has 0 amide bonds. The largest absolute Gasteiger partial charge is 0.469 e. The number of ether oxygens (including phenoxy) is 1. The van der Waals surface area contributed by atoms with E-state index in [0.717, 1.165) is 9.75 Å². The van der Waals surface area contributed by atoms with Gasteiger partial charge < -0.3 is 10.1 Å². The van der Waals surface area contributed by atoms with Gasteiger partial charge in [-0.15, -0.1) is 11.3 Å². The average molecular weight is 307 g/mol. The number of carbonyl (C=O) groups excluding carboxylic acids is 1. The average Bonchev–Trinajstić information content (AvgIpc) is 2.92. The van der Waals surface area contributed by atoms with Crippen molar-refractivity contribution in [2.24, 2.45) is 0 Å². The van der Waals surface area contributed by atoms with Crippen LogP contribution in [0.1, 0.15) is 28.3 Å². The fraction of sp³-hybridized carbons (Fsp3) is 0.312. The van der Waals surface area contributed by atoms with Gasteiger partial charge in [0.2, 0.25) is 0 Å². The normalized spacial score (nSPS) is 12.1. The molecule has 5 heteroatoms. The first kappa shape index (κ1) is 15.7. The van der Waals surface area contributed by atoms with Gasteiger partial charge in [-0.3, -0.25) is 4.79 Å². The van der Waals surface area contributed by atoms with E-state index in [0.29, 0.717) is 18.5 Å². The molecule has 0 unspecified atom stereocenters. The van der Waals surface area contributed by atoms with Crippen molar-refractivity contribution in [1.82, 2.24) is 5.32 Å². The summed E-state index contributed by atoms with van der Waals surface area (Å²) in [7, 11) is 1.38. The summed E-state index contributed by atoms with van der Waals surface area (Å²) in [5, 5.41) is 3.29. The molecule has 0 aliphatic rings. The minimum absolute atomic E-state index is 0.0719. The molecule has 0 aliphatic carbocycles. The number of halogens is 1. The molecule has 0 aliphatic heterocycles. The minimum atomic E-state index is -0.240. The van der Waals surface area contributed by atoms with Crippen molar-refractivity contribution >= 4 is 17.3 Å². The van der Waals surface area contributed by atoms with Crippen LogP contribution in [0.3, 0.4) is 0 Å². The fourth-order valence-corrected chi connectivity index (χ4v) is 2.97. The molecule has 3 nitrogen and oxygen atoms in total. The molecule has 112 valence electrons. The lowest BCUT2D eigenvalue weighted by atomic mass is 10.1. The van der Waals surface area contributed by atoms with E-state index in [9.17, 15) is 9.18 Å². The Bertz CT molecular complexity index is 612. The summed E-state index contributed by atoms with van der Waals surface area (Å²) < 4.78 is 18.3. The highest BCUT2D eigenvalue weighted by Crippen LogP contribution is 2.20. The van der Waals surface area contributed by atoms with Crippen molar-refractivity contribution in [2.45, 2.75) is 25.9 Å². The Balaban J connectivity index is 1.91. The van der Waals surface area contributed by atoms with Crippen LogP contribution in [0.25, 0.3) is 0 Å². The molecule has 0 radical (unpaired) electrons. The van der Waals surface area contributed by atoms with E-state index in [-0.39, 0.29) is 17.8 Å². The van der Waals surface area contributed by atoms with Crippen molar-refractivity contribution in [3.05, 3.63) is 57.5 Å². The molecule has 0 saturated carbocycles. The number of hydrogen-bond donors (Lipinski definition) is 1. The maximum Gasteiger partial charge on any atom is 0.310 e. The third-order valence-electron chi connectivity index (χ3n) is 3.22. The Morgan fingerprint density at radius 1 is 1.29 bits per heavy atom. The number of carbonyl (C=O) groups is 1. The number of benzene rings is 1. The van der Waals surface area contributed by atoms with Gasteiger partial charge in [-0.25, -0.2) is 4.39 Å². The zero-order valence-electron chi connectivity index (χ0n) is 12.1. The Labute approximate surface area is 127 Å². The van der Waals surface area contributed by atoms with E-state index in [2.05, 4.69) is 10.1 Å². The van der Waals surface area contributed by atoms with Gasteiger partial charge in [-0.05, 0) is 25.1 Å². The molecular formula is C16H18FNO2S. The van der Waals surface area contributed by atoms with Crippen LogP contribution in [0.2, 0.25) is 0 Å². The number of rotatable bonds is 6. The summed E-state index contributed by atoms with van der Waals surface area (Å²) in [4.78, 5) is 13.3. The maximum absolute atomic E-state index is 13.7. The maximum atomic E-state index is 13.7. The van der Waals surface area contributed by atoms with Crippen LogP contribution in [0.15, 0.2) is 36.4 Å². The van der Waals surface area contributed by atoms with Gasteiger partial charge >= 0.3 is 5.97 Å². The minimum Gasteiger partial charge on any atom is -0.469 e. The second-order valence-electron chi connectivity index (χ2n) is 4.75. The molecule has 0 bridgehead atoms. The molecule has 0 saturated heterocycles. The van der Waals surface area contributed by atoms with Crippen molar-refractivity contribution < 1.29 is 13.9 Å². The van der Waals surface area contributed by atoms with E-state index in [1.807, 2.05) is 25.1 Å². The molecule has 1 N–H and O–H groups in total. The number of nitrogens with one attached hydrogen (secondary N) is 1. The lowest BCUT2D eigenvalue weighted by molar-refractivity contribution is -0.139. The third-order valence-corrected chi connectivity index (χ3v) is 4.30. The summed E-state index contributed by atoms with van der Waals surface area (Å²) >= 11 is 1.56. The monoisotopic (exact) mass is 307 g/mol. The Morgan fingerprint density at radius 3 is 2.71 bits per heavy atom. The summed E-state index contributed by atoms with van der Waals surface area (Å²) in [6.45, 7) is 2.57. The Hall–Kier alpha value is -1.72. The third kappa shape index (κ3) is 4.37. The molecule has 2 aromatic rings. The van der Waals surface area contributed by atoms with E-state index in [1.165, 1.54) is 13.2 Å². The van der Waals surface area contributed by atoms with Gasteiger partial charge in [0.25, 0.3) is 0 Å². The summed E-state index contributed by atoms with van der Waals surface area (Å²) in [5.41, 5.74) is 0.656. The van der Waals surface area contributed by atoms with E-state index in [1.54, 1.807) is 23.5 Å². The quantitative estimate of drug-likeness (QED) is 0.831. The lowest BCUT2D eigenvalue weighted by Crippen LogP contribution is -2.18. The SMILES string of the molecule is COC(=O)Cc1ccc(CN[C@H](C)c2ccccc2F)s1. The Morgan fingerprint density at radius 2 is 2.00 bits per heavy atom. The van der Waals surface area contributed by atoms with Gasteiger partial charge in [-0.2, -0.15) is 0 Å². The molecule has 21 heavy (non-hydrogen) atoms. The van der Waals surface area contributed by atoms with Crippen LogP contribution in [0, 0.1) is 5.82 Å². The van der Waals surface area contributed by atoms with Gasteiger partial charge in [0.15, 0.2) is 0 Å². The molecule has 1 aromatic heterocycles. The summed E-state index contributed by atoms with van der Waals surface area (Å²) in [6, 6.07) is 10.6. The summed E-state index contributed by atoms with van der Waals surface area (Å²) in [6.07, 6.45) is 0.296. The molecule has 1 aromatic carbocycles. The van der Waals surface area contributed by atoms with Gasteiger partial charge in [0.1, 0.15) is 5.82 Å². The zero-order valence-corrected chi connectivity index (χ0v) is 12.9. The second-order valence-corrected chi connectivity index (χ2v) is 6.00. The number of thiophene rings is 1. The predicted octanol–water partition coefficient (Wildman–Crippen LogP) is 3.45. The number of hydrogen-bond acceptors (Lipinski definition) is 4. The van der Waals surface area contributed by atoms with Crippen LogP contribution in [-0.2, 0) is 22.5 Å². The van der Waals surface area contributed by atoms with Crippen LogP contribution in [-0.4, -0.2) is 13.1 Å². The second kappa shape index (κ2) is 7.33. The molecule has 1 atom stereocenters. The molecule has 0 fully saturated rings. The van der Waals surface area contributed by atoms with E-state index in [4.69, 9.17) is 0 Å². The van der Waals surface area contributed by atoms with Crippen LogP contribution >= 0.6 is 11.3 Å². The highest BCUT2D eigenvalue weighted by atomic mass is 32.1. The van der Waals surface area contributed by atoms with Crippen molar-refractivity contribution in [1.29, 1.82) is 0 Å².